The summed E-state index contributed by atoms with van der Waals surface area (Å²) in [5, 5.41) is 12.3. The molecule has 6 saturated carbocycles. The van der Waals surface area contributed by atoms with Crippen LogP contribution in [0.5, 0.6) is 0 Å². The maximum absolute atomic E-state index is 13.4. The fourth-order valence-electron chi connectivity index (χ4n) is 12.1. The first-order chi connectivity index (χ1) is 18.5. The van der Waals surface area contributed by atoms with E-state index in [0.29, 0.717) is 18.0 Å². The molecule has 1 aromatic rings. The number of rotatable bonds is 4. The van der Waals surface area contributed by atoms with Gasteiger partial charge in [0.2, 0.25) is 0 Å². The molecule has 6 aliphatic carbocycles. The average Bonchev–Trinajstić information content (AvgIpc) is 3.30. The van der Waals surface area contributed by atoms with Crippen LogP contribution in [0.2, 0.25) is 0 Å². The summed E-state index contributed by atoms with van der Waals surface area (Å²) in [4.78, 5) is 40.9. The highest BCUT2D eigenvalue weighted by atomic mass is 16.6. The quantitative estimate of drug-likeness (QED) is 0.358. The van der Waals surface area contributed by atoms with E-state index in [0.717, 1.165) is 25.0 Å². The number of carbonyl (C=O) groups excluding carboxylic acids is 3. The first kappa shape index (κ1) is 24.1. The number of esters is 3. The summed E-state index contributed by atoms with van der Waals surface area (Å²) < 4.78 is 18.5. The molecule has 0 radical (unpaired) electrons. The van der Waals surface area contributed by atoms with E-state index >= 15 is 0 Å². The Bertz CT molecular complexity index is 1330. The molecule has 3 heterocycles. The minimum Gasteiger partial charge on any atom is -0.459 e. The fraction of sp³-hybridized carbons (Fsp3) is 0.645. The maximum atomic E-state index is 13.4. The van der Waals surface area contributed by atoms with Crippen LogP contribution in [0.15, 0.2) is 42.5 Å². The predicted molar refractivity (Wildman–Crippen MR) is 137 cm³/mol. The third-order valence-electron chi connectivity index (χ3n) is 12.1. The van der Waals surface area contributed by atoms with Gasteiger partial charge in [0.15, 0.2) is 0 Å². The Balaban J connectivity index is 1.31. The topological polar surface area (TPSA) is 102 Å². The molecule has 1 N–H and O–H groups in total. The highest BCUT2D eigenvalue weighted by molar-refractivity contribution is 5.89. The van der Waals surface area contributed by atoms with Crippen molar-refractivity contribution in [3.05, 3.63) is 48.0 Å². The van der Waals surface area contributed by atoms with E-state index in [-0.39, 0.29) is 46.5 Å². The Morgan fingerprint density at radius 2 is 1.74 bits per heavy atom. The van der Waals surface area contributed by atoms with Crippen molar-refractivity contribution in [3.8, 4) is 0 Å². The predicted octanol–water partition coefficient (Wildman–Crippen LogP) is 2.74. The molecule has 8 heteroatoms. The van der Waals surface area contributed by atoms with Gasteiger partial charge in [-0.15, -0.1) is 0 Å². The van der Waals surface area contributed by atoms with Crippen molar-refractivity contribution in [3.63, 3.8) is 0 Å². The molecule has 9 bridgehead atoms. The Morgan fingerprint density at radius 1 is 1.03 bits per heavy atom. The van der Waals surface area contributed by atoms with Crippen LogP contribution in [0.1, 0.15) is 50.4 Å². The number of hydrogen-bond donors (Lipinski definition) is 1. The summed E-state index contributed by atoms with van der Waals surface area (Å²) in [6, 6.07) is 9.25. The van der Waals surface area contributed by atoms with Gasteiger partial charge in [-0.2, -0.15) is 0 Å². The van der Waals surface area contributed by atoms with Crippen LogP contribution in [0.25, 0.3) is 0 Å². The minimum absolute atomic E-state index is 0.0194. The Kier molecular flexibility index (Phi) is 4.53. The number of nitrogens with zero attached hydrogens (tertiary/aromatic N) is 1. The molecule has 1 aromatic carbocycles. The number of fused-ring (bicyclic) bond motifs is 1. The molecule has 0 amide bonds. The van der Waals surface area contributed by atoms with Gasteiger partial charge in [0.1, 0.15) is 18.3 Å². The van der Waals surface area contributed by atoms with Crippen LogP contribution in [0.3, 0.4) is 0 Å². The molecule has 3 aliphatic heterocycles. The zero-order valence-corrected chi connectivity index (χ0v) is 22.5. The molecular weight excluding hydrogens is 498 g/mol. The number of hydrogen-bond acceptors (Lipinski definition) is 8. The number of ether oxygens (including phenoxy) is 3. The van der Waals surface area contributed by atoms with Gasteiger partial charge < -0.3 is 19.3 Å². The molecule has 9 aliphatic rings. The molecule has 3 saturated heterocycles. The van der Waals surface area contributed by atoms with Crippen LogP contribution in [-0.2, 0) is 23.8 Å². The van der Waals surface area contributed by atoms with Crippen molar-refractivity contribution in [2.45, 2.75) is 76.5 Å². The van der Waals surface area contributed by atoms with Gasteiger partial charge in [0, 0.05) is 55.6 Å². The molecule has 8 nitrogen and oxygen atoms in total. The summed E-state index contributed by atoms with van der Waals surface area (Å²) in [5.74, 6) is -1.56. The first-order valence-electron chi connectivity index (χ1n) is 14.3. The second-order valence-electron chi connectivity index (χ2n) is 13.7. The number of aliphatic hydroxyl groups excluding tert-OH is 1. The number of benzene rings is 1. The van der Waals surface area contributed by atoms with Crippen LogP contribution in [-0.4, -0.2) is 71.0 Å². The first-order valence-corrected chi connectivity index (χ1v) is 14.3. The lowest BCUT2D eigenvalue weighted by Crippen LogP contribution is -2.71. The zero-order chi connectivity index (χ0) is 27.2. The van der Waals surface area contributed by atoms with E-state index < -0.39 is 41.8 Å². The molecule has 39 heavy (non-hydrogen) atoms. The van der Waals surface area contributed by atoms with Gasteiger partial charge >= 0.3 is 17.9 Å². The fourth-order valence-corrected chi connectivity index (χ4v) is 12.1. The SMILES string of the molecule is C=C1CC23CC4C5C6(C)CC(OC(C)=O)C(OC(C)=O)C57C(C2C(OC(=O)c2ccccc2)C1C(O)C37)N4C6. The highest BCUT2D eigenvalue weighted by Gasteiger charge is 2.93. The van der Waals surface area contributed by atoms with Crippen LogP contribution in [0, 0.1) is 39.9 Å². The summed E-state index contributed by atoms with van der Waals surface area (Å²) >= 11 is 0. The number of carbonyl (C=O) groups is 3. The van der Waals surface area contributed by atoms with E-state index in [1.807, 2.05) is 18.2 Å². The third kappa shape index (κ3) is 2.57. The molecule has 14 atom stereocenters. The van der Waals surface area contributed by atoms with E-state index in [1.165, 1.54) is 13.8 Å². The van der Waals surface area contributed by atoms with Crippen LogP contribution in [0.4, 0.5) is 0 Å². The Labute approximate surface area is 227 Å². The van der Waals surface area contributed by atoms with Crippen molar-refractivity contribution < 1.29 is 33.7 Å². The van der Waals surface area contributed by atoms with Crippen molar-refractivity contribution in [2.75, 3.05) is 6.54 Å². The van der Waals surface area contributed by atoms with Crippen molar-refractivity contribution in [1.29, 1.82) is 0 Å². The standard InChI is InChI=1S/C31H35NO7/c1-14-10-30-11-18-24-29(4)12-19(37-15(2)33)27(38-16(3)34)31(24)25(30)22(35)20(14)23(21(30)26(31)32(18)13-29)39-28(36)17-8-6-5-7-9-17/h5-9,18-27,35H,1,10-13H2,2-4H3. The van der Waals surface area contributed by atoms with Crippen molar-refractivity contribution >= 4 is 17.9 Å². The number of aliphatic hydroxyl groups is 1. The second-order valence-corrected chi connectivity index (χ2v) is 13.7. The minimum atomic E-state index is -0.791. The summed E-state index contributed by atoms with van der Waals surface area (Å²) in [6.07, 6.45) is -0.234. The molecular formula is C31H35NO7. The Hall–Kier alpha value is -2.71. The largest absolute Gasteiger partial charge is 0.459 e. The summed E-state index contributed by atoms with van der Waals surface area (Å²) in [6.45, 7) is 10.4. The monoisotopic (exact) mass is 533 g/mol. The van der Waals surface area contributed by atoms with Gasteiger partial charge in [-0.1, -0.05) is 37.3 Å². The third-order valence-corrected chi connectivity index (χ3v) is 12.1. The van der Waals surface area contributed by atoms with Crippen molar-refractivity contribution in [1.82, 2.24) is 4.90 Å². The average molecular weight is 534 g/mol. The van der Waals surface area contributed by atoms with Gasteiger partial charge in [-0.05, 0) is 48.1 Å². The molecule has 9 fully saturated rings. The summed E-state index contributed by atoms with van der Waals surface area (Å²) in [7, 11) is 0. The molecule has 14 unspecified atom stereocenters. The molecule has 0 aromatic heterocycles. The van der Waals surface area contributed by atoms with E-state index in [2.05, 4.69) is 18.4 Å². The lowest BCUT2D eigenvalue weighted by atomic mass is 9.39. The Morgan fingerprint density at radius 3 is 2.44 bits per heavy atom. The summed E-state index contributed by atoms with van der Waals surface area (Å²) in [5.41, 5.74) is 0.399. The van der Waals surface area contributed by atoms with Crippen LogP contribution < -0.4 is 0 Å². The van der Waals surface area contributed by atoms with Gasteiger partial charge in [0.25, 0.3) is 0 Å². The van der Waals surface area contributed by atoms with E-state index in [9.17, 15) is 19.5 Å². The smallest absolute Gasteiger partial charge is 0.338 e. The van der Waals surface area contributed by atoms with E-state index in [4.69, 9.17) is 14.2 Å². The second kappa shape index (κ2) is 7.32. The van der Waals surface area contributed by atoms with Gasteiger partial charge in [0.05, 0.1) is 11.7 Å². The molecule has 10 rings (SSSR count). The highest BCUT2D eigenvalue weighted by Crippen LogP contribution is 2.87. The lowest BCUT2D eigenvalue weighted by Gasteiger charge is -2.66. The zero-order valence-electron chi connectivity index (χ0n) is 22.5. The lowest BCUT2D eigenvalue weighted by molar-refractivity contribution is -0.253. The normalized spacial score (nSPS) is 52.6. The van der Waals surface area contributed by atoms with E-state index in [1.54, 1.807) is 12.1 Å². The van der Waals surface area contributed by atoms with Gasteiger partial charge in [-0.3, -0.25) is 14.5 Å². The van der Waals surface area contributed by atoms with Crippen LogP contribution >= 0.6 is 0 Å². The number of piperidine rings is 2. The molecule has 2 spiro atoms. The maximum Gasteiger partial charge on any atom is 0.338 e. The van der Waals surface area contributed by atoms with Crippen molar-refractivity contribution in [2.24, 2.45) is 39.9 Å². The molecule has 206 valence electrons. The van der Waals surface area contributed by atoms with Gasteiger partial charge in [-0.25, -0.2) is 4.79 Å².